The maximum atomic E-state index is 11.9. The van der Waals surface area contributed by atoms with Gasteiger partial charge < -0.3 is 18.9 Å². The van der Waals surface area contributed by atoms with Crippen LogP contribution in [0.3, 0.4) is 0 Å². The lowest BCUT2D eigenvalue weighted by atomic mass is 9.97. The molecule has 0 spiro atoms. The number of halogens is 1. The SMILES string of the molecule is COC(=O)CNC(c1ccccc1)c1cc(Br)ccc1N=Cc1cc(OC)c(OC)c(OC)c1. The summed E-state index contributed by atoms with van der Waals surface area (Å²) in [4.78, 5) is 16.6. The standard InChI is InChI=1S/C26H27BrN2O5/c1-31-22-12-17(13-23(32-2)26(22)34-4)15-28-21-11-10-19(27)14-20(21)25(29-16-24(30)33-3)18-8-6-5-7-9-18/h5-15,25,29H,16H2,1-4H3. The zero-order chi connectivity index (χ0) is 24.5. The molecule has 0 amide bonds. The van der Waals surface area contributed by atoms with E-state index < -0.39 is 0 Å². The maximum Gasteiger partial charge on any atom is 0.319 e. The van der Waals surface area contributed by atoms with Gasteiger partial charge in [0.05, 0.1) is 46.7 Å². The Balaban J connectivity index is 2.04. The minimum absolute atomic E-state index is 0.0542. The number of carbonyl (C=O) groups is 1. The fourth-order valence-corrected chi connectivity index (χ4v) is 3.88. The van der Waals surface area contributed by atoms with Gasteiger partial charge in [0.1, 0.15) is 0 Å². The molecule has 178 valence electrons. The topological polar surface area (TPSA) is 78.4 Å². The zero-order valence-corrected chi connectivity index (χ0v) is 21.1. The summed E-state index contributed by atoms with van der Waals surface area (Å²) in [6, 6.07) is 19.1. The van der Waals surface area contributed by atoms with Gasteiger partial charge in [0.15, 0.2) is 11.5 Å². The molecule has 3 aromatic rings. The molecular formula is C26H27BrN2O5. The van der Waals surface area contributed by atoms with Crippen LogP contribution in [0.2, 0.25) is 0 Å². The Morgan fingerprint density at radius 2 is 1.65 bits per heavy atom. The Morgan fingerprint density at radius 3 is 2.24 bits per heavy atom. The first-order valence-electron chi connectivity index (χ1n) is 10.5. The Labute approximate surface area is 207 Å². The van der Waals surface area contributed by atoms with E-state index in [1.807, 2.05) is 60.7 Å². The van der Waals surface area contributed by atoms with Gasteiger partial charge in [0, 0.05) is 21.8 Å². The number of aliphatic imine (C=N–C) groups is 1. The van der Waals surface area contributed by atoms with Crippen molar-refractivity contribution in [2.75, 3.05) is 35.0 Å². The van der Waals surface area contributed by atoms with Crippen molar-refractivity contribution in [2.24, 2.45) is 4.99 Å². The van der Waals surface area contributed by atoms with E-state index in [0.29, 0.717) is 17.2 Å². The number of benzene rings is 3. The highest BCUT2D eigenvalue weighted by Crippen LogP contribution is 2.38. The number of hydrogen-bond acceptors (Lipinski definition) is 7. The summed E-state index contributed by atoms with van der Waals surface area (Å²) in [6.07, 6.45) is 1.74. The lowest BCUT2D eigenvalue weighted by molar-refractivity contribution is -0.139. The minimum atomic E-state index is -0.349. The highest BCUT2D eigenvalue weighted by molar-refractivity contribution is 9.10. The highest BCUT2D eigenvalue weighted by atomic mass is 79.9. The summed E-state index contributed by atoms with van der Waals surface area (Å²) in [6.45, 7) is 0.0542. The van der Waals surface area contributed by atoms with Gasteiger partial charge in [-0.15, -0.1) is 0 Å². The van der Waals surface area contributed by atoms with Gasteiger partial charge in [-0.2, -0.15) is 0 Å². The van der Waals surface area contributed by atoms with E-state index in [9.17, 15) is 4.79 Å². The van der Waals surface area contributed by atoms with E-state index in [4.69, 9.17) is 23.9 Å². The summed E-state index contributed by atoms with van der Waals surface area (Å²) in [5.74, 6) is 1.25. The van der Waals surface area contributed by atoms with Crippen LogP contribution in [0.15, 0.2) is 70.1 Å². The molecule has 0 saturated heterocycles. The van der Waals surface area contributed by atoms with Crippen molar-refractivity contribution in [3.8, 4) is 17.2 Å². The monoisotopic (exact) mass is 526 g/mol. The summed E-state index contributed by atoms with van der Waals surface area (Å²) in [7, 11) is 6.08. The second kappa shape index (κ2) is 12.2. The van der Waals surface area contributed by atoms with Crippen molar-refractivity contribution >= 4 is 33.8 Å². The van der Waals surface area contributed by atoms with Crippen LogP contribution < -0.4 is 19.5 Å². The molecule has 0 aliphatic rings. The molecule has 1 unspecified atom stereocenters. The van der Waals surface area contributed by atoms with E-state index in [1.165, 1.54) is 7.11 Å². The van der Waals surface area contributed by atoms with Crippen LogP contribution in [-0.4, -0.2) is 47.2 Å². The van der Waals surface area contributed by atoms with Gasteiger partial charge >= 0.3 is 5.97 Å². The van der Waals surface area contributed by atoms with E-state index in [2.05, 4.69) is 21.2 Å². The fraction of sp³-hybridized carbons (Fsp3) is 0.231. The number of carbonyl (C=O) groups excluding carboxylic acids is 1. The van der Waals surface area contributed by atoms with E-state index in [1.54, 1.807) is 27.5 Å². The predicted octanol–water partition coefficient (Wildman–Crippen LogP) is 5.08. The molecule has 0 radical (unpaired) electrons. The number of nitrogens with one attached hydrogen (secondary N) is 1. The predicted molar refractivity (Wildman–Crippen MR) is 136 cm³/mol. The summed E-state index contributed by atoms with van der Waals surface area (Å²) in [5.41, 5.74) is 3.41. The van der Waals surface area contributed by atoms with Crippen molar-refractivity contribution in [3.63, 3.8) is 0 Å². The van der Waals surface area contributed by atoms with Crippen molar-refractivity contribution < 1.29 is 23.7 Å². The van der Waals surface area contributed by atoms with E-state index in [-0.39, 0.29) is 18.6 Å². The molecule has 1 atom stereocenters. The second-order valence-corrected chi connectivity index (χ2v) is 8.14. The normalized spacial score (nSPS) is 11.8. The molecule has 0 fully saturated rings. The number of ether oxygens (including phenoxy) is 4. The van der Waals surface area contributed by atoms with Crippen molar-refractivity contribution in [3.05, 3.63) is 81.8 Å². The second-order valence-electron chi connectivity index (χ2n) is 7.22. The molecule has 1 N–H and O–H groups in total. The molecule has 8 heteroatoms. The molecule has 7 nitrogen and oxygen atoms in total. The van der Waals surface area contributed by atoms with Crippen LogP contribution in [0.1, 0.15) is 22.7 Å². The number of rotatable bonds is 10. The molecule has 0 bridgehead atoms. The van der Waals surface area contributed by atoms with Crippen molar-refractivity contribution in [2.45, 2.75) is 6.04 Å². The Kier molecular flexibility index (Phi) is 9.07. The first-order chi connectivity index (χ1) is 16.5. The van der Waals surface area contributed by atoms with Gasteiger partial charge in [-0.1, -0.05) is 46.3 Å². The average molecular weight is 527 g/mol. The van der Waals surface area contributed by atoms with Crippen LogP contribution in [0.5, 0.6) is 17.2 Å². The van der Waals surface area contributed by atoms with E-state index in [0.717, 1.165) is 26.9 Å². The quantitative estimate of drug-likeness (QED) is 0.293. The fourth-order valence-electron chi connectivity index (χ4n) is 3.50. The Morgan fingerprint density at radius 1 is 0.971 bits per heavy atom. The molecule has 0 saturated carbocycles. The molecule has 0 aliphatic carbocycles. The van der Waals surface area contributed by atoms with Crippen molar-refractivity contribution in [1.29, 1.82) is 0 Å². The van der Waals surface area contributed by atoms with Gasteiger partial charge in [0.2, 0.25) is 5.75 Å². The number of methoxy groups -OCH3 is 4. The first-order valence-corrected chi connectivity index (χ1v) is 11.3. The lowest BCUT2D eigenvalue weighted by Crippen LogP contribution is -2.29. The summed E-state index contributed by atoms with van der Waals surface area (Å²) in [5, 5.41) is 3.29. The third-order valence-electron chi connectivity index (χ3n) is 5.15. The van der Waals surface area contributed by atoms with E-state index >= 15 is 0 Å². The molecule has 3 rings (SSSR count). The number of hydrogen-bond donors (Lipinski definition) is 1. The van der Waals surface area contributed by atoms with Gasteiger partial charge in [-0.3, -0.25) is 15.1 Å². The molecule has 0 aliphatic heterocycles. The number of esters is 1. The minimum Gasteiger partial charge on any atom is -0.493 e. The molecule has 3 aromatic carbocycles. The smallest absolute Gasteiger partial charge is 0.319 e. The molecular weight excluding hydrogens is 500 g/mol. The molecule has 0 aromatic heterocycles. The third kappa shape index (κ3) is 6.15. The average Bonchev–Trinajstić information content (AvgIpc) is 2.87. The lowest BCUT2D eigenvalue weighted by Gasteiger charge is -2.21. The van der Waals surface area contributed by atoms with Crippen LogP contribution in [0.25, 0.3) is 0 Å². The van der Waals surface area contributed by atoms with Crippen LogP contribution >= 0.6 is 15.9 Å². The number of nitrogens with zero attached hydrogens (tertiary/aromatic N) is 1. The maximum absolute atomic E-state index is 11.9. The Bertz CT molecular complexity index is 1130. The van der Waals surface area contributed by atoms with Gasteiger partial charge in [0.25, 0.3) is 0 Å². The zero-order valence-electron chi connectivity index (χ0n) is 19.5. The molecule has 0 heterocycles. The third-order valence-corrected chi connectivity index (χ3v) is 5.64. The van der Waals surface area contributed by atoms with Crippen LogP contribution in [0, 0.1) is 0 Å². The Hall–Kier alpha value is -3.36. The van der Waals surface area contributed by atoms with Crippen LogP contribution in [0.4, 0.5) is 5.69 Å². The van der Waals surface area contributed by atoms with Crippen molar-refractivity contribution in [1.82, 2.24) is 5.32 Å². The molecule has 34 heavy (non-hydrogen) atoms. The van der Waals surface area contributed by atoms with Gasteiger partial charge in [-0.05, 0) is 35.9 Å². The summed E-state index contributed by atoms with van der Waals surface area (Å²) >= 11 is 3.56. The largest absolute Gasteiger partial charge is 0.493 e. The van der Waals surface area contributed by atoms with Gasteiger partial charge in [-0.25, -0.2) is 0 Å². The highest BCUT2D eigenvalue weighted by Gasteiger charge is 2.19. The first kappa shape index (κ1) is 25.3. The van der Waals surface area contributed by atoms with Crippen LogP contribution in [-0.2, 0) is 9.53 Å². The summed E-state index contributed by atoms with van der Waals surface area (Å²) < 4.78 is 22.0.